The molecule has 2 unspecified atom stereocenters. The molecular formula is C19H22F4N4O3. The fourth-order valence-corrected chi connectivity index (χ4v) is 3.44. The quantitative estimate of drug-likeness (QED) is 0.552. The molecule has 0 bridgehead atoms. The van der Waals surface area contributed by atoms with Gasteiger partial charge in [0.15, 0.2) is 11.5 Å². The van der Waals surface area contributed by atoms with Crippen molar-refractivity contribution in [1.82, 2.24) is 19.3 Å². The highest BCUT2D eigenvalue weighted by Crippen LogP contribution is 2.31. The monoisotopic (exact) mass is 430 g/mol. The number of pyridine rings is 1. The predicted octanol–water partition coefficient (Wildman–Crippen LogP) is 3.11. The van der Waals surface area contributed by atoms with Gasteiger partial charge in [0.1, 0.15) is 17.5 Å². The van der Waals surface area contributed by atoms with Crippen molar-refractivity contribution in [2.75, 3.05) is 0 Å². The lowest BCUT2D eigenvalue weighted by Gasteiger charge is -2.29. The van der Waals surface area contributed by atoms with Crippen LogP contribution in [0.2, 0.25) is 0 Å². The van der Waals surface area contributed by atoms with Gasteiger partial charge >= 0.3 is 17.8 Å². The van der Waals surface area contributed by atoms with Gasteiger partial charge in [-0.1, -0.05) is 6.92 Å². The molecule has 2 atom stereocenters. The van der Waals surface area contributed by atoms with Crippen LogP contribution in [0, 0.1) is 11.7 Å². The third kappa shape index (κ3) is 4.39. The Morgan fingerprint density at radius 2 is 1.97 bits per heavy atom. The molecule has 1 aliphatic rings. The zero-order chi connectivity index (χ0) is 22.4. The average Bonchev–Trinajstić information content (AvgIpc) is 2.89. The third-order valence-electron chi connectivity index (χ3n) is 4.65. The molecule has 30 heavy (non-hydrogen) atoms. The minimum atomic E-state index is -4.96. The zero-order valence-corrected chi connectivity index (χ0v) is 17.0. The molecule has 0 saturated heterocycles. The normalized spacial score (nSPS) is 19.5. The fraction of sp³-hybridized carbons (Fsp3) is 0.579. The van der Waals surface area contributed by atoms with Crippen LogP contribution in [0.4, 0.5) is 17.6 Å². The van der Waals surface area contributed by atoms with Crippen LogP contribution in [0.15, 0.2) is 17.1 Å². The van der Waals surface area contributed by atoms with Crippen LogP contribution in [-0.4, -0.2) is 30.9 Å². The van der Waals surface area contributed by atoms with Crippen molar-refractivity contribution < 1.29 is 27.1 Å². The number of esters is 1. The van der Waals surface area contributed by atoms with E-state index in [1.165, 1.54) is 4.57 Å². The minimum Gasteiger partial charge on any atom is -0.458 e. The number of ether oxygens (including phenoxy) is 1. The molecule has 0 aliphatic carbocycles. The summed E-state index contributed by atoms with van der Waals surface area (Å²) in [5.41, 5.74) is -3.50. The van der Waals surface area contributed by atoms with Crippen molar-refractivity contribution in [1.29, 1.82) is 0 Å². The maximum Gasteiger partial charge on any atom is 0.436 e. The fourth-order valence-electron chi connectivity index (χ4n) is 3.44. The number of carbonyl (C=O) groups is 1. The van der Waals surface area contributed by atoms with Crippen molar-refractivity contribution in [3.05, 3.63) is 45.6 Å². The van der Waals surface area contributed by atoms with Crippen LogP contribution >= 0.6 is 0 Å². The van der Waals surface area contributed by atoms with E-state index < -0.39 is 47.5 Å². The Labute approximate surface area is 169 Å². The lowest BCUT2D eigenvalue weighted by Crippen LogP contribution is -2.39. The Hall–Kier alpha value is -2.72. The first-order valence-corrected chi connectivity index (χ1v) is 9.39. The first-order valence-electron chi connectivity index (χ1n) is 9.39. The number of aromatic nitrogens is 4. The van der Waals surface area contributed by atoms with E-state index in [-0.39, 0.29) is 11.5 Å². The summed E-state index contributed by atoms with van der Waals surface area (Å²) in [5.74, 6) is -1.81. The van der Waals surface area contributed by atoms with E-state index >= 15 is 0 Å². The second-order valence-corrected chi connectivity index (χ2v) is 8.45. The number of alkyl halides is 3. The van der Waals surface area contributed by atoms with Gasteiger partial charge in [-0.05, 0) is 39.2 Å². The van der Waals surface area contributed by atoms with Gasteiger partial charge in [-0.25, -0.2) is 23.6 Å². The largest absolute Gasteiger partial charge is 0.458 e. The number of hydrogen-bond donors (Lipinski definition) is 0. The number of nitrogens with zero attached hydrogens (tertiary/aromatic N) is 4. The van der Waals surface area contributed by atoms with E-state index in [4.69, 9.17) is 4.74 Å². The summed E-state index contributed by atoms with van der Waals surface area (Å²) < 4.78 is 60.5. The maximum absolute atomic E-state index is 14.3. The van der Waals surface area contributed by atoms with Gasteiger partial charge in [-0.15, -0.1) is 0 Å². The van der Waals surface area contributed by atoms with E-state index in [1.54, 1.807) is 20.8 Å². The average molecular weight is 430 g/mol. The first kappa shape index (κ1) is 22.0. The van der Waals surface area contributed by atoms with Crippen molar-refractivity contribution >= 4 is 5.97 Å². The van der Waals surface area contributed by atoms with Gasteiger partial charge in [0.05, 0.1) is 6.54 Å². The molecule has 164 valence electrons. The van der Waals surface area contributed by atoms with Gasteiger partial charge in [0.25, 0.3) is 0 Å². The van der Waals surface area contributed by atoms with Gasteiger partial charge in [-0.3, -0.25) is 4.57 Å². The minimum absolute atomic E-state index is 0.0276. The molecule has 0 N–H and O–H groups in total. The van der Waals surface area contributed by atoms with E-state index in [0.29, 0.717) is 18.7 Å². The highest BCUT2D eigenvalue weighted by Gasteiger charge is 2.38. The molecule has 2 aromatic rings. The molecule has 0 amide bonds. The SMILES string of the molecule is CC1Cc2nn(Cc3ccnc(C(F)(F)F)c3F)c(=O)n2C(C(=O)OC(C)(C)C)C1. The van der Waals surface area contributed by atoms with E-state index in [9.17, 15) is 27.2 Å². The van der Waals surface area contributed by atoms with Crippen molar-refractivity contribution in [3.63, 3.8) is 0 Å². The van der Waals surface area contributed by atoms with Gasteiger partial charge in [-0.2, -0.15) is 18.3 Å². The van der Waals surface area contributed by atoms with Crippen molar-refractivity contribution in [2.45, 2.75) is 64.9 Å². The Balaban J connectivity index is 1.99. The van der Waals surface area contributed by atoms with Crippen LogP contribution in [0.5, 0.6) is 0 Å². The maximum atomic E-state index is 14.3. The molecule has 0 aromatic carbocycles. The molecular weight excluding hydrogens is 408 g/mol. The van der Waals surface area contributed by atoms with Crippen LogP contribution in [0.3, 0.4) is 0 Å². The molecule has 0 saturated carbocycles. The van der Waals surface area contributed by atoms with E-state index in [2.05, 4.69) is 10.1 Å². The second kappa shape index (κ2) is 7.51. The van der Waals surface area contributed by atoms with Crippen molar-refractivity contribution in [3.8, 4) is 0 Å². The van der Waals surface area contributed by atoms with E-state index in [1.807, 2.05) is 6.92 Å². The lowest BCUT2D eigenvalue weighted by atomic mass is 9.94. The third-order valence-corrected chi connectivity index (χ3v) is 4.65. The van der Waals surface area contributed by atoms with Crippen LogP contribution in [-0.2, 0) is 28.7 Å². The summed E-state index contributed by atoms with van der Waals surface area (Å²) in [6.45, 7) is 6.48. The molecule has 0 fully saturated rings. The molecule has 0 radical (unpaired) electrons. The van der Waals surface area contributed by atoms with Gasteiger partial charge in [0.2, 0.25) is 0 Å². The number of carbonyl (C=O) groups excluding carboxylic acids is 1. The molecule has 3 rings (SSSR count). The number of hydrogen-bond acceptors (Lipinski definition) is 5. The second-order valence-electron chi connectivity index (χ2n) is 8.45. The summed E-state index contributed by atoms with van der Waals surface area (Å²) >= 11 is 0. The predicted molar refractivity (Wildman–Crippen MR) is 97.2 cm³/mol. The molecule has 11 heteroatoms. The lowest BCUT2D eigenvalue weighted by molar-refractivity contribution is -0.160. The zero-order valence-electron chi connectivity index (χ0n) is 17.0. The van der Waals surface area contributed by atoms with Crippen LogP contribution in [0.1, 0.15) is 57.2 Å². The molecule has 0 spiro atoms. The molecule has 3 heterocycles. The Morgan fingerprint density at radius 3 is 2.57 bits per heavy atom. The molecule has 1 aliphatic heterocycles. The summed E-state index contributed by atoms with van der Waals surface area (Å²) in [5, 5.41) is 4.15. The summed E-state index contributed by atoms with van der Waals surface area (Å²) in [4.78, 5) is 28.6. The summed E-state index contributed by atoms with van der Waals surface area (Å²) in [6.07, 6.45) is -3.38. The summed E-state index contributed by atoms with van der Waals surface area (Å²) in [7, 11) is 0. The Morgan fingerprint density at radius 1 is 1.30 bits per heavy atom. The number of fused-ring (bicyclic) bond motifs is 1. The van der Waals surface area contributed by atoms with Crippen LogP contribution < -0.4 is 5.69 Å². The van der Waals surface area contributed by atoms with Crippen LogP contribution in [0.25, 0.3) is 0 Å². The number of rotatable bonds is 3. The Kier molecular flexibility index (Phi) is 5.50. The molecule has 7 nitrogen and oxygen atoms in total. The number of halogens is 4. The van der Waals surface area contributed by atoms with Crippen molar-refractivity contribution in [2.24, 2.45) is 5.92 Å². The highest BCUT2D eigenvalue weighted by molar-refractivity contribution is 5.75. The highest BCUT2D eigenvalue weighted by atomic mass is 19.4. The topological polar surface area (TPSA) is 79.0 Å². The Bertz CT molecular complexity index is 1020. The van der Waals surface area contributed by atoms with Gasteiger partial charge in [0, 0.05) is 18.2 Å². The molecule has 2 aromatic heterocycles. The standard InChI is InChI=1S/C19H22F4N4O3/c1-10-7-12(16(28)30-18(2,3)4)27-13(8-10)25-26(17(27)29)9-11-5-6-24-15(14(11)20)19(21,22)23/h5-6,10,12H,7-9H2,1-4H3. The first-order chi connectivity index (χ1) is 13.8. The summed E-state index contributed by atoms with van der Waals surface area (Å²) in [6, 6.07) is 0.154. The smallest absolute Gasteiger partial charge is 0.436 e. The van der Waals surface area contributed by atoms with E-state index in [0.717, 1.165) is 16.9 Å². The van der Waals surface area contributed by atoms with Gasteiger partial charge < -0.3 is 4.74 Å².